The summed E-state index contributed by atoms with van der Waals surface area (Å²) < 4.78 is 7.50. The number of rotatable bonds is 6. The standard InChI is InChI=1S/C79H52N4/c1-2-14-50-29-47-71-74(62(50)20-3-1)68-44-26-53-17-6-11-23-65(53)77(68)81(71)59-38-32-56(33-39-59)80(57-34-40-60(41-35-57)82-72-48-30-51-15-4-9-21-63(51)75(72)69-45-27-54-18-7-12-24-66(54)78(69)82)58-36-42-61(43-37-58)83-73-49-31-52-16-5-10-22-64(52)76(73)70-46-28-55-19-8-13-25-67(55)79(70)83/h2,4-19,21-49H,1,3,20H2. The fraction of sp³-hybridized carbons (Fsp3) is 0.0380. The topological polar surface area (TPSA) is 18.0 Å². The fourth-order valence-corrected chi connectivity index (χ4v) is 14.6. The van der Waals surface area contributed by atoms with E-state index < -0.39 is 0 Å². The fourth-order valence-electron chi connectivity index (χ4n) is 14.6. The van der Waals surface area contributed by atoms with Crippen LogP contribution in [0.2, 0.25) is 0 Å². The third kappa shape index (κ3) is 6.81. The number of aromatic nitrogens is 3. The second-order valence-corrected chi connectivity index (χ2v) is 22.6. The second kappa shape index (κ2) is 17.9. The van der Waals surface area contributed by atoms with E-state index in [4.69, 9.17) is 0 Å². The van der Waals surface area contributed by atoms with Gasteiger partial charge in [0.05, 0.1) is 33.1 Å². The van der Waals surface area contributed by atoms with E-state index in [2.05, 4.69) is 298 Å². The highest BCUT2D eigenvalue weighted by atomic mass is 15.1. The molecule has 0 unspecified atom stereocenters. The molecule has 1 aliphatic rings. The first-order chi connectivity index (χ1) is 41.2. The normalized spacial score (nSPS) is 12.9. The highest BCUT2D eigenvalue weighted by molar-refractivity contribution is 6.28. The highest BCUT2D eigenvalue weighted by Crippen LogP contribution is 2.46. The summed E-state index contributed by atoms with van der Waals surface area (Å²) in [6.45, 7) is 0. The van der Waals surface area contributed by atoms with Gasteiger partial charge < -0.3 is 18.6 Å². The molecule has 0 fully saturated rings. The Balaban J connectivity index is 0.832. The molecule has 0 N–H and O–H groups in total. The number of hydrogen-bond acceptors (Lipinski definition) is 1. The van der Waals surface area contributed by atoms with Crippen molar-refractivity contribution in [3.8, 4) is 17.1 Å². The number of anilines is 3. The van der Waals surface area contributed by atoms with Gasteiger partial charge in [0.1, 0.15) is 0 Å². The molecular weight excluding hydrogens is 1000 g/mol. The molecule has 4 nitrogen and oxygen atoms in total. The summed E-state index contributed by atoms with van der Waals surface area (Å²) in [5.74, 6) is 0. The Bertz CT molecular complexity index is 5340. The van der Waals surface area contributed by atoms with Crippen LogP contribution in [0.3, 0.4) is 0 Å². The van der Waals surface area contributed by atoms with Crippen molar-refractivity contribution < 1.29 is 0 Å². The lowest BCUT2D eigenvalue weighted by molar-refractivity contribution is 0.857. The van der Waals surface area contributed by atoms with Crippen molar-refractivity contribution in [2.75, 3.05) is 4.90 Å². The number of aryl methyl sites for hydroxylation is 1. The summed E-state index contributed by atoms with van der Waals surface area (Å²) >= 11 is 0. The van der Waals surface area contributed by atoms with E-state index >= 15 is 0 Å². The predicted octanol–water partition coefficient (Wildman–Crippen LogP) is 21.6. The first-order valence-electron chi connectivity index (χ1n) is 29.1. The Morgan fingerprint density at radius 3 is 1.04 bits per heavy atom. The molecule has 18 rings (SSSR count). The van der Waals surface area contributed by atoms with Gasteiger partial charge in [-0.3, -0.25) is 0 Å². The van der Waals surface area contributed by atoms with Crippen LogP contribution >= 0.6 is 0 Å². The maximum absolute atomic E-state index is 2.52. The van der Waals surface area contributed by atoms with Crippen molar-refractivity contribution >= 4 is 142 Å². The average Bonchev–Trinajstić information content (AvgIpc) is 1.94. The monoisotopic (exact) mass is 1060 g/mol. The van der Waals surface area contributed by atoms with Crippen LogP contribution in [0, 0.1) is 0 Å². The molecule has 0 amide bonds. The molecule has 14 aromatic carbocycles. The van der Waals surface area contributed by atoms with Gasteiger partial charge in [0, 0.05) is 82.6 Å². The van der Waals surface area contributed by atoms with Crippen molar-refractivity contribution in [1.82, 2.24) is 13.7 Å². The van der Waals surface area contributed by atoms with Crippen LogP contribution < -0.4 is 4.90 Å². The molecule has 3 heterocycles. The third-order valence-corrected chi connectivity index (χ3v) is 18.2. The molecule has 0 spiro atoms. The molecule has 4 heteroatoms. The molecule has 0 bridgehead atoms. The highest BCUT2D eigenvalue weighted by Gasteiger charge is 2.24. The Morgan fingerprint density at radius 2 is 0.614 bits per heavy atom. The van der Waals surface area contributed by atoms with Crippen LogP contribution in [-0.4, -0.2) is 13.7 Å². The number of fused-ring (bicyclic) bond motifs is 21. The third-order valence-electron chi connectivity index (χ3n) is 18.2. The zero-order valence-electron chi connectivity index (χ0n) is 45.5. The van der Waals surface area contributed by atoms with Crippen LogP contribution in [-0.2, 0) is 6.42 Å². The molecule has 1 aliphatic carbocycles. The van der Waals surface area contributed by atoms with Crippen molar-refractivity contribution in [1.29, 1.82) is 0 Å². The molecule has 0 saturated carbocycles. The molecule has 0 saturated heterocycles. The summed E-state index contributed by atoms with van der Waals surface area (Å²) in [7, 11) is 0. The zero-order chi connectivity index (χ0) is 54.3. The average molecular weight is 1060 g/mol. The van der Waals surface area contributed by atoms with Gasteiger partial charge in [-0.25, -0.2) is 0 Å². The lowest BCUT2D eigenvalue weighted by Crippen LogP contribution is -2.10. The first-order valence-corrected chi connectivity index (χ1v) is 29.1. The maximum Gasteiger partial charge on any atom is 0.0619 e. The molecule has 0 aliphatic heterocycles. The van der Waals surface area contributed by atoms with E-state index in [1.165, 1.54) is 130 Å². The zero-order valence-corrected chi connectivity index (χ0v) is 45.5. The molecular formula is C79H52N4. The first kappa shape index (κ1) is 46.1. The Kier molecular flexibility index (Phi) is 9.95. The lowest BCUT2D eigenvalue weighted by atomic mass is 9.97. The molecule has 3 aromatic heterocycles. The molecule has 0 atom stereocenters. The van der Waals surface area contributed by atoms with Gasteiger partial charge in [-0.05, 0) is 159 Å². The van der Waals surface area contributed by atoms with E-state index in [-0.39, 0.29) is 0 Å². The molecule has 0 radical (unpaired) electrons. The summed E-state index contributed by atoms with van der Waals surface area (Å²) in [4.78, 5) is 2.42. The van der Waals surface area contributed by atoms with E-state index in [9.17, 15) is 0 Å². The van der Waals surface area contributed by atoms with Gasteiger partial charge in [0.15, 0.2) is 0 Å². The molecule has 17 aromatic rings. The van der Waals surface area contributed by atoms with Crippen LogP contribution in [0.15, 0.2) is 273 Å². The predicted molar refractivity (Wildman–Crippen MR) is 354 cm³/mol. The van der Waals surface area contributed by atoms with Crippen molar-refractivity contribution in [2.24, 2.45) is 0 Å². The van der Waals surface area contributed by atoms with Gasteiger partial charge in [-0.1, -0.05) is 188 Å². The number of nitrogens with zero attached hydrogens (tertiary/aromatic N) is 4. The quantitative estimate of drug-likeness (QED) is 0.162. The summed E-state index contributed by atoms with van der Waals surface area (Å²) in [6.07, 6.45) is 8.00. The van der Waals surface area contributed by atoms with Gasteiger partial charge in [0.2, 0.25) is 0 Å². The van der Waals surface area contributed by atoms with Gasteiger partial charge in [-0.15, -0.1) is 0 Å². The summed E-state index contributed by atoms with van der Waals surface area (Å²) in [5.41, 5.74) is 16.7. The summed E-state index contributed by atoms with van der Waals surface area (Å²) in [5, 5.41) is 20.2. The van der Waals surface area contributed by atoms with E-state index in [1.807, 2.05) is 0 Å². The lowest BCUT2D eigenvalue weighted by Gasteiger charge is -2.26. The number of benzene rings is 14. The largest absolute Gasteiger partial charge is 0.310 e. The Hall–Kier alpha value is -10.7. The molecule has 83 heavy (non-hydrogen) atoms. The SMILES string of the molecule is C1=Cc2ccc3c(c2CCC1)c1ccc2ccccc2c1n3-c1ccc(N(c2ccc(-n3c4ccc5ccccc5c4c4ccc5ccccc5c43)cc2)c2ccc(-n3c4ccc5ccccc5c4c4ccc5ccccc5c43)cc2)cc1. The maximum atomic E-state index is 2.52. The smallest absolute Gasteiger partial charge is 0.0619 e. The molecule has 388 valence electrons. The summed E-state index contributed by atoms with van der Waals surface area (Å²) in [6, 6.07) is 99.6. The van der Waals surface area contributed by atoms with Crippen LogP contribution in [0.1, 0.15) is 24.0 Å². The number of allylic oxidation sites excluding steroid dienone is 1. The van der Waals surface area contributed by atoms with Crippen LogP contribution in [0.4, 0.5) is 17.1 Å². The van der Waals surface area contributed by atoms with Gasteiger partial charge in [0.25, 0.3) is 0 Å². The van der Waals surface area contributed by atoms with Crippen molar-refractivity contribution in [2.45, 2.75) is 19.3 Å². The van der Waals surface area contributed by atoms with E-state index in [1.54, 1.807) is 0 Å². The Labute approximate surface area is 478 Å². The van der Waals surface area contributed by atoms with Crippen molar-refractivity contribution in [3.05, 3.63) is 284 Å². The van der Waals surface area contributed by atoms with Gasteiger partial charge >= 0.3 is 0 Å². The van der Waals surface area contributed by atoms with E-state index in [0.29, 0.717) is 0 Å². The minimum atomic E-state index is 1.06. The minimum absolute atomic E-state index is 1.06. The number of hydrogen-bond donors (Lipinski definition) is 0. The van der Waals surface area contributed by atoms with Gasteiger partial charge in [-0.2, -0.15) is 0 Å². The minimum Gasteiger partial charge on any atom is -0.310 e. The second-order valence-electron chi connectivity index (χ2n) is 22.6. The van der Waals surface area contributed by atoms with Crippen molar-refractivity contribution in [3.63, 3.8) is 0 Å². The Morgan fingerprint density at radius 1 is 0.277 bits per heavy atom. The van der Waals surface area contributed by atoms with Crippen LogP contribution in [0.5, 0.6) is 0 Å². The van der Waals surface area contributed by atoms with Crippen LogP contribution in [0.25, 0.3) is 142 Å². The van der Waals surface area contributed by atoms with E-state index in [0.717, 1.165) is 53.4 Å².